The van der Waals surface area contributed by atoms with Gasteiger partial charge in [0, 0.05) is 13.7 Å². The largest absolute Gasteiger partial charge is 0.463 e. The Morgan fingerprint density at radius 1 is 1.25 bits per heavy atom. The molecule has 1 aromatic carbocycles. The highest BCUT2D eigenvalue weighted by atomic mass is 16.6. The number of rotatable bonds is 6. The summed E-state index contributed by atoms with van der Waals surface area (Å²) in [5.41, 5.74) is 7.48. The molecule has 0 amide bonds. The van der Waals surface area contributed by atoms with E-state index < -0.39 is 0 Å². The van der Waals surface area contributed by atoms with Crippen LogP contribution in [0.25, 0.3) is 0 Å². The number of nitrogens with two attached hydrogens (primary N) is 1. The van der Waals surface area contributed by atoms with Gasteiger partial charge in [0.2, 0.25) is 0 Å². The normalized spacial score (nSPS) is 10.1. The third-order valence-corrected chi connectivity index (χ3v) is 2.22. The maximum Gasteiger partial charge on any atom is 0.310 e. The Labute approximate surface area is 95.3 Å². The van der Waals surface area contributed by atoms with Crippen LogP contribution < -0.4 is 5.73 Å². The third-order valence-electron chi connectivity index (χ3n) is 2.22. The second-order valence-electron chi connectivity index (χ2n) is 3.36. The number of carbonyl (C=O) groups excluding carboxylic acids is 1. The summed E-state index contributed by atoms with van der Waals surface area (Å²) < 4.78 is 9.77. The molecule has 2 N–H and O–H groups in total. The van der Waals surface area contributed by atoms with Crippen molar-refractivity contribution in [2.24, 2.45) is 5.73 Å². The van der Waals surface area contributed by atoms with Gasteiger partial charge in [-0.1, -0.05) is 24.3 Å². The highest BCUT2D eigenvalue weighted by Crippen LogP contribution is 2.09. The zero-order chi connectivity index (χ0) is 11.8. The highest BCUT2D eigenvalue weighted by molar-refractivity contribution is 5.73. The average Bonchev–Trinajstić information content (AvgIpc) is 2.30. The van der Waals surface area contributed by atoms with Gasteiger partial charge in [0.05, 0.1) is 13.0 Å². The molecule has 1 rings (SSSR count). The molecule has 0 aliphatic carbocycles. The van der Waals surface area contributed by atoms with Crippen molar-refractivity contribution in [2.75, 3.05) is 20.3 Å². The fourth-order valence-electron chi connectivity index (χ4n) is 1.37. The molecule has 0 atom stereocenters. The Balaban J connectivity index is 2.49. The van der Waals surface area contributed by atoms with Crippen LogP contribution in [0.5, 0.6) is 0 Å². The molecular weight excluding hydrogens is 206 g/mol. The maximum atomic E-state index is 11.4. The molecule has 16 heavy (non-hydrogen) atoms. The molecule has 0 unspecified atom stereocenters. The van der Waals surface area contributed by atoms with E-state index in [2.05, 4.69) is 0 Å². The molecule has 0 fully saturated rings. The topological polar surface area (TPSA) is 61.5 Å². The first-order valence-electron chi connectivity index (χ1n) is 5.19. The van der Waals surface area contributed by atoms with Gasteiger partial charge in [-0.25, -0.2) is 0 Å². The van der Waals surface area contributed by atoms with Crippen LogP contribution in [-0.2, 0) is 27.2 Å². The number of benzene rings is 1. The smallest absolute Gasteiger partial charge is 0.310 e. The highest BCUT2D eigenvalue weighted by Gasteiger charge is 2.07. The summed E-state index contributed by atoms with van der Waals surface area (Å²) in [6, 6.07) is 7.59. The van der Waals surface area contributed by atoms with E-state index in [9.17, 15) is 4.79 Å². The van der Waals surface area contributed by atoms with Crippen LogP contribution in [0.4, 0.5) is 0 Å². The van der Waals surface area contributed by atoms with Gasteiger partial charge < -0.3 is 15.2 Å². The summed E-state index contributed by atoms with van der Waals surface area (Å²) in [4.78, 5) is 11.4. The molecule has 1 aromatic rings. The quantitative estimate of drug-likeness (QED) is 0.574. The predicted molar refractivity (Wildman–Crippen MR) is 60.9 cm³/mol. The van der Waals surface area contributed by atoms with E-state index in [1.165, 1.54) is 0 Å². The standard InChI is InChI=1S/C12H17NO3/c1-15-6-7-16-12(14)8-10-4-2-3-5-11(10)9-13/h2-5H,6-9,13H2,1H3. The van der Waals surface area contributed by atoms with Gasteiger partial charge in [0.25, 0.3) is 0 Å². The Hall–Kier alpha value is -1.39. The van der Waals surface area contributed by atoms with Crippen LogP contribution >= 0.6 is 0 Å². The van der Waals surface area contributed by atoms with Crippen LogP contribution in [0.2, 0.25) is 0 Å². The van der Waals surface area contributed by atoms with Crippen LogP contribution in [0.1, 0.15) is 11.1 Å². The monoisotopic (exact) mass is 223 g/mol. The lowest BCUT2D eigenvalue weighted by molar-refractivity contribution is -0.144. The summed E-state index contributed by atoms with van der Waals surface area (Å²) in [5.74, 6) is -0.252. The van der Waals surface area contributed by atoms with Crippen molar-refractivity contribution >= 4 is 5.97 Å². The predicted octanol–water partition coefficient (Wildman–Crippen LogP) is 0.877. The first-order chi connectivity index (χ1) is 7.77. The maximum absolute atomic E-state index is 11.4. The minimum atomic E-state index is -0.252. The van der Waals surface area contributed by atoms with Gasteiger partial charge in [0.15, 0.2) is 0 Å². The summed E-state index contributed by atoms with van der Waals surface area (Å²) in [6.07, 6.45) is 0.261. The van der Waals surface area contributed by atoms with Gasteiger partial charge in [-0.2, -0.15) is 0 Å². The molecule has 0 saturated heterocycles. The molecule has 0 radical (unpaired) electrons. The average molecular weight is 223 g/mol. The molecule has 0 spiro atoms. The molecule has 0 aliphatic rings. The van der Waals surface area contributed by atoms with Crippen LogP contribution in [0, 0.1) is 0 Å². The molecule has 4 heteroatoms. The number of carbonyl (C=O) groups is 1. The van der Waals surface area contributed by atoms with E-state index >= 15 is 0 Å². The Kier molecular flexibility index (Phi) is 5.53. The van der Waals surface area contributed by atoms with Gasteiger partial charge in [-0.05, 0) is 11.1 Å². The van der Waals surface area contributed by atoms with Gasteiger partial charge >= 0.3 is 5.97 Å². The van der Waals surface area contributed by atoms with Crippen molar-refractivity contribution < 1.29 is 14.3 Å². The van der Waals surface area contributed by atoms with E-state index in [4.69, 9.17) is 15.2 Å². The van der Waals surface area contributed by atoms with E-state index in [1.54, 1.807) is 7.11 Å². The van der Waals surface area contributed by atoms with Crippen molar-refractivity contribution in [3.05, 3.63) is 35.4 Å². The number of hydrogen-bond donors (Lipinski definition) is 1. The van der Waals surface area contributed by atoms with Crippen molar-refractivity contribution in [1.29, 1.82) is 0 Å². The van der Waals surface area contributed by atoms with Crippen molar-refractivity contribution in [3.63, 3.8) is 0 Å². The lowest BCUT2D eigenvalue weighted by atomic mass is 10.1. The number of ether oxygens (including phenoxy) is 2. The van der Waals surface area contributed by atoms with E-state index in [1.807, 2.05) is 24.3 Å². The number of methoxy groups -OCH3 is 1. The zero-order valence-corrected chi connectivity index (χ0v) is 9.44. The minimum absolute atomic E-state index is 0.252. The SMILES string of the molecule is COCCOC(=O)Cc1ccccc1CN. The fraction of sp³-hybridized carbons (Fsp3) is 0.417. The molecular formula is C12H17NO3. The Bertz CT molecular complexity index is 339. The molecule has 88 valence electrons. The molecule has 4 nitrogen and oxygen atoms in total. The Morgan fingerprint density at radius 2 is 1.94 bits per heavy atom. The molecule has 0 saturated carbocycles. The van der Waals surface area contributed by atoms with Crippen LogP contribution in [-0.4, -0.2) is 26.3 Å². The Morgan fingerprint density at radius 3 is 2.56 bits per heavy atom. The lowest BCUT2D eigenvalue weighted by Gasteiger charge is -2.07. The molecule has 0 aliphatic heterocycles. The van der Waals surface area contributed by atoms with Crippen molar-refractivity contribution in [3.8, 4) is 0 Å². The van der Waals surface area contributed by atoms with Crippen molar-refractivity contribution in [1.82, 2.24) is 0 Å². The zero-order valence-electron chi connectivity index (χ0n) is 9.44. The second kappa shape index (κ2) is 6.98. The van der Waals surface area contributed by atoms with Gasteiger partial charge in [-0.15, -0.1) is 0 Å². The van der Waals surface area contributed by atoms with Gasteiger partial charge in [0.1, 0.15) is 6.61 Å². The molecule has 0 bridgehead atoms. The second-order valence-corrected chi connectivity index (χ2v) is 3.36. The molecule has 0 heterocycles. The van der Waals surface area contributed by atoms with Crippen molar-refractivity contribution in [2.45, 2.75) is 13.0 Å². The lowest BCUT2D eigenvalue weighted by Crippen LogP contribution is -2.13. The number of hydrogen-bond acceptors (Lipinski definition) is 4. The van der Waals surface area contributed by atoms with E-state index in [0.29, 0.717) is 19.8 Å². The first kappa shape index (κ1) is 12.7. The summed E-state index contributed by atoms with van der Waals surface area (Å²) in [6.45, 7) is 1.14. The van der Waals surface area contributed by atoms with Crippen LogP contribution in [0.3, 0.4) is 0 Å². The fourth-order valence-corrected chi connectivity index (χ4v) is 1.37. The van der Waals surface area contributed by atoms with E-state index in [-0.39, 0.29) is 12.4 Å². The minimum Gasteiger partial charge on any atom is -0.463 e. The summed E-state index contributed by atoms with van der Waals surface area (Å²) in [7, 11) is 1.57. The first-order valence-corrected chi connectivity index (χ1v) is 5.19. The van der Waals surface area contributed by atoms with E-state index in [0.717, 1.165) is 11.1 Å². The van der Waals surface area contributed by atoms with Crippen LogP contribution in [0.15, 0.2) is 24.3 Å². The summed E-state index contributed by atoms with van der Waals surface area (Å²) in [5, 5.41) is 0. The number of esters is 1. The third kappa shape index (κ3) is 4.00. The summed E-state index contributed by atoms with van der Waals surface area (Å²) >= 11 is 0. The molecule has 0 aromatic heterocycles. The van der Waals surface area contributed by atoms with Gasteiger partial charge in [-0.3, -0.25) is 4.79 Å².